The maximum absolute atomic E-state index is 3.08. The minimum absolute atomic E-state index is 0. The summed E-state index contributed by atoms with van der Waals surface area (Å²) in [6, 6.07) is 0. The van der Waals surface area contributed by atoms with Gasteiger partial charge in [-0.05, 0) is 0 Å². The molecule has 0 fully saturated rings. The van der Waals surface area contributed by atoms with Crippen molar-refractivity contribution in [3.8, 4) is 0 Å². The van der Waals surface area contributed by atoms with Crippen LogP contribution in [0.1, 0.15) is 13.3 Å². The molecular weight excluding hydrogens is 191 g/mol. The third-order valence-electron chi connectivity index (χ3n) is 1.44. The van der Waals surface area contributed by atoms with Gasteiger partial charge in [0.15, 0.2) is 0 Å². The zero-order chi connectivity index (χ0) is 7.94. The van der Waals surface area contributed by atoms with Crippen LogP contribution in [-0.2, 0) is 16.8 Å². The summed E-state index contributed by atoms with van der Waals surface area (Å²) in [5.74, 6) is 0.560. The molecular formula is C11H12Co. The molecule has 0 aromatic rings. The van der Waals surface area contributed by atoms with E-state index in [1.807, 2.05) is 24.3 Å². The smallest absolute Gasteiger partial charge is 0.273 e. The van der Waals surface area contributed by atoms with E-state index in [9.17, 15) is 0 Å². The maximum atomic E-state index is 3.08. The first-order valence-corrected chi connectivity index (χ1v) is 3.87. The van der Waals surface area contributed by atoms with E-state index in [1.54, 1.807) is 0 Å². The zero-order valence-electron chi connectivity index (χ0n) is 7.08. The molecule has 0 N–H and O–H groups in total. The molecule has 12 heavy (non-hydrogen) atoms. The summed E-state index contributed by atoms with van der Waals surface area (Å²) in [6.07, 6.45) is 19.2. The van der Waals surface area contributed by atoms with Crippen LogP contribution in [-0.4, -0.2) is 0 Å². The van der Waals surface area contributed by atoms with Crippen LogP contribution in [0.15, 0.2) is 36.5 Å². The molecule has 0 saturated heterocycles. The molecule has 2 aliphatic carbocycles. The van der Waals surface area contributed by atoms with Gasteiger partial charge in [0.05, 0.1) is 0 Å². The standard InChI is InChI=1S/C6H7.C5H5.Co/c1-6-4-2-3-5-6;1-2-4-5-3-1;/h2-4,6H,1H3;1-3H,4H2;/q2*-1;+2. The Labute approximate surface area is 84.9 Å². The van der Waals surface area contributed by atoms with Gasteiger partial charge < -0.3 is 0 Å². The van der Waals surface area contributed by atoms with Gasteiger partial charge in [-0.15, -0.1) is 6.42 Å². The third kappa shape index (κ3) is 5.16. The first kappa shape index (κ1) is 11.5. The zero-order valence-corrected chi connectivity index (χ0v) is 8.12. The second kappa shape index (κ2) is 7.13. The minimum atomic E-state index is 0. The van der Waals surface area contributed by atoms with Crippen molar-refractivity contribution in [3.05, 3.63) is 48.6 Å². The Balaban J connectivity index is 0.000000189. The summed E-state index contributed by atoms with van der Waals surface area (Å²) in [7, 11) is 0. The largest absolute Gasteiger partial charge is 2.00 e. The van der Waals surface area contributed by atoms with Crippen molar-refractivity contribution in [1.29, 1.82) is 0 Å². The van der Waals surface area contributed by atoms with Crippen molar-refractivity contribution in [2.45, 2.75) is 13.3 Å². The predicted molar refractivity (Wildman–Crippen MR) is 47.7 cm³/mol. The number of hydrogen-bond donors (Lipinski definition) is 0. The first-order chi connectivity index (χ1) is 5.39. The summed E-state index contributed by atoms with van der Waals surface area (Å²) >= 11 is 0. The molecule has 65 valence electrons. The fourth-order valence-corrected chi connectivity index (χ4v) is 0.825. The van der Waals surface area contributed by atoms with Gasteiger partial charge in [0, 0.05) is 0 Å². The molecule has 0 saturated carbocycles. The molecule has 1 heteroatoms. The van der Waals surface area contributed by atoms with Crippen LogP contribution in [0.4, 0.5) is 0 Å². The monoisotopic (exact) mass is 203 g/mol. The van der Waals surface area contributed by atoms with Crippen molar-refractivity contribution in [1.82, 2.24) is 0 Å². The van der Waals surface area contributed by atoms with Crippen LogP contribution >= 0.6 is 0 Å². The van der Waals surface area contributed by atoms with Crippen molar-refractivity contribution in [3.63, 3.8) is 0 Å². The SMILES string of the molecule is CC1[C-]=CC=C1.[C-]1=CC=CC1.[Co+2]. The molecule has 0 aromatic carbocycles. The van der Waals surface area contributed by atoms with E-state index >= 15 is 0 Å². The van der Waals surface area contributed by atoms with E-state index in [2.05, 4.69) is 31.2 Å². The molecule has 0 aliphatic heterocycles. The molecule has 0 nitrogen and oxygen atoms in total. The second-order valence-electron chi connectivity index (χ2n) is 2.51. The molecule has 0 spiro atoms. The topological polar surface area (TPSA) is 0 Å². The Hall–Kier alpha value is -0.534. The van der Waals surface area contributed by atoms with E-state index in [0.717, 1.165) is 6.42 Å². The van der Waals surface area contributed by atoms with Gasteiger partial charge in [-0.2, -0.15) is 12.2 Å². The molecule has 1 radical (unpaired) electrons. The average Bonchev–Trinajstić information content (AvgIpc) is 2.57. The van der Waals surface area contributed by atoms with E-state index in [-0.39, 0.29) is 16.8 Å². The van der Waals surface area contributed by atoms with Crippen molar-refractivity contribution < 1.29 is 16.8 Å². The van der Waals surface area contributed by atoms with Crippen LogP contribution in [0.5, 0.6) is 0 Å². The summed E-state index contributed by atoms with van der Waals surface area (Å²) in [6.45, 7) is 2.11. The molecule has 0 amide bonds. The van der Waals surface area contributed by atoms with Gasteiger partial charge in [-0.1, -0.05) is 12.8 Å². The van der Waals surface area contributed by atoms with Crippen LogP contribution < -0.4 is 0 Å². The van der Waals surface area contributed by atoms with E-state index < -0.39 is 0 Å². The second-order valence-corrected chi connectivity index (χ2v) is 2.51. The quantitative estimate of drug-likeness (QED) is 0.531. The molecule has 1 unspecified atom stereocenters. The molecule has 0 bridgehead atoms. The van der Waals surface area contributed by atoms with E-state index in [0.29, 0.717) is 5.92 Å². The molecule has 0 heterocycles. The third-order valence-corrected chi connectivity index (χ3v) is 1.44. The van der Waals surface area contributed by atoms with Crippen LogP contribution in [0, 0.1) is 18.1 Å². The Morgan fingerprint density at radius 1 is 1.25 bits per heavy atom. The van der Waals surface area contributed by atoms with Crippen LogP contribution in [0.25, 0.3) is 0 Å². The van der Waals surface area contributed by atoms with Gasteiger partial charge in [0.25, 0.3) is 0 Å². The average molecular weight is 203 g/mol. The summed E-state index contributed by atoms with van der Waals surface area (Å²) in [5, 5.41) is 0. The Morgan fingerprint density at radius 3 is 2.25 bits per heavy atom. The van der Waals surface area contributed by atoms with E-state index in [1.165, 1.54) is 0 Å². The number of hydrogen-bond acceptors (Lipinski definition) is 0. The van der Waals surface area contributed by atoms with Crippen LogP contribution in [0.2, 0.25) is 0 Å². The van der Waals surface area contributed by atoms with Gasteiger partial charge in [0.2, 0.25) is 0 Å². The van der Waals surface area contributed by atoms with Gasteiger partial charge in [-0.3, -0.25) is 12.2 Å². The fourth-order valence-electron chi connectivity index (χ4n) is 0.825. The molecule has 1 atom stereocenters. The van der Waals surface area contributed by atoms with Gasteiger partial charge >= 0.3 is 16.8 Å². The number of allylic oxidation sites excluding steroid dienone is 8. The Bertz CT molecular complexity index is 187. The first-order valence-electron chi connectivity index (χ1n) is 3.87. The Kier molecular flexibility index (Phi) is 6.82. The Morgan fingerprint density at radius 2 is 2.08 bits per heavy atom. The summed E-state index contributed by atoms with van der Waals surface area (Å²) < 4.78 is 0. The normalized spacial score (nSPS) is 21.9. The summed E-state index contributed by atoms with van der Waals surface area (Å²) in [5.41, 5.74) is 0. The minimum Gasteiger partial charge on any atom is -0.273 e. The number of rotatable bonds is 0. The van der Waals surface area contributed by atoms with Gasteiger partial charge in [0.1, 0.15) is 0 Å². The van der Waals surface area contributed by atoms with Crippen molar-refractivity contribution in [2.75, 3.05) is 0 Å². The maximum Gasteiger partial charge on any atom is 2.00 e. The van der Waals surface area contributed by atoms with Gasteiger partial charge in [-0.25, -0.2) is 24.3 Å². The molecule has 2 aliphatic rings. The molecule has 0 aromatic heterocycles. The summed E-state index contributed by atoms with van der Waals surface area (Å²) in [4.78, 5) is 0. The predicted octanol–water partition coefficient (Wildman–Crippen LogP) is 2.85. The van der Waals surface area contributed by atoms with Crippen LogP contribution in [0.3, 0.4) is 0 Å². The van der Waals surface area contributed by atoms with Crippen molar-refractivity contribution in [2.24, 2.45) is 5.92 Å². The van der Waals surface area contributed by atoms with Crippen molar-refractivity contribution >= 4 is 0 Å². The van der Waals surface area contributed by atoms with E-state index in [4.69, 9.17) is 0 Å². The fraction of sp³-hybridized carbons (Fsp3) is 0.273. The molecule has 2 rings (SSSR count).